The fourth-order valence-electron chi connectivity index (χ4n) is 3.35. The fraction of sp³-hybridized carbons (Fsp3) is 0.786. The average Bonchev–Trinajstić information content (AvgIpc) is 2.97. The summed E-state index contributed by atoms with van der Waals surface area (Å²) in [4.78, 5) is 2.28. The van der Waals surface area contributed by atoms with Crippen LogP contribution in [-0.2, 0) is 6.54 Å². The van der Waals surface area contributed by atoms with Gasteiger partial charge in [0.25, 0.3) is 0 Å². The number of nitrogens with zero attached hydrogens (tertiary/aromatic N) is 3. The van der Waals surface area contributed by atoms with Gasteiger partial charge in [0.2, 0.25) is 0 Å². The number of aryl methyl sites for hydroxylation is 1. The molecule has 0 aliphatic heterocycles. The Bertz CT molecular complexity index is 421. The van der Waals surface area contributed by atoms with Crippen molar-refractivity contribution in [2.45, 2.75) is 57.2 Å². The summed E-state index contributed by atoms with van der Waals surface area (Å²) < 4.78 is 1.98. The summed E-state index contributed by atoms with van der Waals surface area (Å²) in [5, 5.41) is 5.08. The Balaban J connectivity index is 2.37. The van der Waals surface area contributed by atoms with E-state index in [4.69, 9.17) is 17.3 Å². The molecule has 2 rings (SSSR count). The van der Waals surface area contributed by atoms with Crippen molar-refractivity contribution in [3.05, 3.63) is 16.9 Å². The molecular formula is C14H25ClN4. The molecule has 1 aliphatic rings. The van der Waals surface area contributed by atoms with E-state index < -0.39 is 0 Å². The Kier molecular flexibility index (Phi) is 4.54. The molecule has 0 spiro atoms. The van der Waals surface area contributed by atoms with Crippen LogP contribution in [0.1, 0.15) is 50.8 Å². The van der Waals surface area contributed by atoms with Gasteiger partial charge in [0.05, 0.1) is 23.0 Å². The second-order valence-corrected chi connectivity index (χ2v) is 6.19. The molecule has 2 N–H and O–H groups in total. The lowest BCUT2D eigenvalue weighted by molar-refractivity contribution is 0.119. The van der Waals surface area contributed by atoms with E-state index in [2.05, 4.69) is 31.0 Å². The minimum absolute atomic E-state index is 0.0230. The summed E-state index contributed by atoms with van der Waals surface area (Å²) in [6.07, 6.45) is 7.51. The van der Waals surface area contributed by atoms with Gasteiger partial charge < -0.3 is 10.6 Å². The summed E-state index contributed by atoms with van der Waals surface area (Å²) >= 11 is 6.34. The van der Waals surface area contributed by atoms with Gasteiger partial charge in [-0.1, -0.05) is 31.4 Å². The summed E-state index contributed by atoms with van der Waals surface area (Å²) in [6, 6.07) is -0.0773. The molecule has 0 aromatic carbocycles. The molecular weight excluding hydrogens is 260 g/mol. The van der Waals surface area contributed by atoms with Gasteiger partial charge in [-0.05, 0) is 33.4 Å². The Morgan fingerprint density at radius 3 is 2.63 bits per heavy atom. The van der Waals surface area contributed by atoms with E-state index in [9.17, 15) is 0 Å². The van der Waals surface area contributed by atoms with E-state index >= 15 is 0 Å². The highest BCUT2D eigenvalue weighted by atomic mass is 35.5. The molecule has 0 saturated heterocycles. The maximum Gasteiger partial charge on any atom is 0.0834 e. The minimum Gasteiger partial charge on any atom is -0.321 e. The largest absolute Gasteiger partial charge is 0.321 e. The normalized spacial score (nSPS) is 20.1. The number of halogens is 1. The molecule has 1 aliphatic carbocycles. The molecule has 1 atom stereocenters. The highest BCUT2D eigenvalue weighted by Gasteiger charge is 2.44. The Hall–Kier alpha value is -0.580. The molecule has 0 radical (unpaired) electrons. The van der Waals surface area contributed by atoms with Crippen LogP contribution in [0.2, 0.25) is 5.02 Å². The third kappa shape index (κ3) is 2.54. The number of likely N-dealkylation sites (N-methyl/N-ethyl adjacent to an activating group) is 1. The Labute approximate surface area is 120 Å². The van der Waals surface area contributed by atoms with E-state index in [-0.39, 0.29) is 11.6 Å². The van der Waals surface area contributed by atoms with Crippen LogP contribution in [0, 0.1) is 0 Å². The van der Waals surface area contributed by atoms with Gasteiger partial charge in [-0.3, -0.25) is 4.68 Å². The van der Waals surface area contributed by atoms with Crippen LogP contribution in [0.25, 0.3) is 0 Å². The van der Waals surface area contributed by atoms with Gasteiger partial charge in [0, 0.05) is 12.1 Å². The maximum absolute atomic E-state index is 6.63. The first-order valence-electron chi connectivity index (χ1n) is 7.17. The van der Waals surface area contributed by atoms with Crippen LogP contribution in [0.3, 0.4) is 0 Å². The van der Waals surface area contributed by atoms with Gasteiger partial charge in [-0.2, -0.15) is 5.10 Å². The third-order valence-corrected chi connectivity index (χ3v) is 4.79. The van der Waals surface area contributed by atoms with Crippen molar-refractivity contribution in [3.63, 3.8) is 0 Å². The second-order valence-electron chi connectivity index (χ2n) is 5.78. The molecule has 0 bridgehead atoms. The highest BCUT2D eigenvalue weighted by Crippen LogP contribution is 2.43. The molecule has 1 heterocycles. The van der Waals surface area contributed by atoms with Crippen molar-refractivity contribution in [1.29, 1.82) is 0 Å². The van der Waals surface area contributed by atoms with E-state index in [0.717, 1.165) is 31.5 Å². The zero-order chi connectivity index (χ0) is 14.0. The Morgan fingerprint density at radius 1 is 1.47 bits per heavy atom. The quantitative estimate of drug-likeness (QED) is 0.904. The van der Waals surface area contributed by atoms with Crippen LogP contribution < -0.4 is 5.73 Å². The standard InChI is InChI=1S/C14H25ClN4/c1-4-9-19-12(11(15)10-17-19)13(16)14(18(2)3)7-5-6-8-14/h10,13H,4-9,16H2,1-3H3. The SMILES string of the molecule is CCCn1ncc(Cl)c1C(N)C1(N(C)C)CCCC1. The van der Waals surface area contributed by atoms with Crippen molar-refractivity contribution in [3.8, 4) is 0 Å². The Morgan fingerprint density at radius 2 is 2.11 bits per heavy atom. The molecule has 5 heteroatoms. The van der Waals surface area contributed by atoms with Crippen LogP contribution in [0.5, 0.6) is 0 Å². The molecule has 4 nitrogen and oxygen atoms in total. The summed E-state index contributed by atoms with van der Waals surface area (Å²) in [6.45, 7) is 3.02. The van der Waals surface area contributed by atoms with Crippen LogP contribution in [0.15, 0.2) is 6.20 Å². The van der Waals surface area contributed by atoms with Gasteiger partial charge in [-0.25, -0.2) is 0 Å². The molecule has 1 fully saturated rings. The predicted molar refractivity (Wildman–Crippen MR) is 79.3 cm³/mol. The highest BCUT2D eigenvalue weighted by molar-refractivity contribution is 6.31. The van der Waals surface area contributed by atoms with E-state index in [1.54, 1.807) is 6.20 Å². The average molecular weight is 285 g/mol. The third-order valence-electron chi connectivity index (χ3n) is 4.50. The molecule has 0 amide bonds. The van der Waals surface area contributed by atoms with Gasteiger partial charge in [0.15, 0.2) is 0 Å². The molecule has 108 valence electrons. The fourth-order valence-corrected chi connectivity index (χ4v) is 3.61. The van der Waals surface area contributed by atoms with E-state index in [1.807, 2.05) is 4.68 Å². The lowest BCUT2D eigenvalue weighted by Gasteiger charge is -2.41. The van der Waals surface area contributed by atoms with Gasteiger partial charge in [-0.15, -0.1) is 0 Å². The number of hydrogen-bond acceptors (Lipinski definition) is 3. The van der Waals surface area contributed by atoms with Crippen LogP contribution in [-0.4, -0.2) is 34.3 Å². The van der Waals surface area contributed by atoms with E-state index in [1.165, 1.54) is 12.8 Å². The van der Waals surface area contributed by atoms with Crippen molar-refractivity contribution >= 4 is 11.6 Å². The number of rotatable bonds is 5. The zero-order valence-corrected chi connectivity index (χ0v) is 13.0. The monoisotopic (exact) mass is 284 g/mol. The second kappa shape index (κ2) is 5.81. The zero-order valence-electron chi connectivity index (χ0n) is 12.2. The lowest BCUT2D eigenvalue weighted by Crippen LogP contribution is -2.51. The topological polar surface area (TPSA) is 47.1 Å². The van der Waals surface area contributed by atoms with Crippen molar-refractivity contribution in [2.75, 3.05) is 14.1 Å². The molecule has 1 aromatic rings. The number of nitrogens with two attached hydrogens (primary N) is 1. The first-order valence-corrected chi connectivity index (χ1v) is 7.55. The number of aromatic nitrogens is 2. The predicted octanol–water partition coefficient (Wildman–Crippen LogP) is 2.82. The van der Waals surface area contributed by atoms with E-state index in [0.29, 0.717) is 5.02 Å². The van der Waals surface area contributed by atoms with Crippen LogP contribution in [0.4, 0.5) is 0 Å². The lowest BCUT2D eigenvalue weighted by atomic mass is 9.85. The smallest absolute Gasteiger partial charge is 0.0834 e. The van der Waals surface area contributed by atoms with Crippen LogP contribution >= 0.6 is 11.6 Å². The van der Waals surface area contributed by atoms with Gasteiger partial charge in [0.1, 0.15) is 0 Å². The number of hydrogen-bond donors (Lipinski definition) is 1. The summed E-state index contributed by atoms with van der Waals surface area (Å²) in [5.41, 5.74) is 7.65. The minimum atomic E-state index is -0.0773. The van der Waals surface area contributed by atoms with Crippen molar-refractivity contribution in [1.82, 2.24) is 14.7 Å². The van der Waals surface area contributed by atoms with Crippen molar-refractivity contribution in [2.24, 2.45) is 5.73 Å². The molecule has 19 heavy (non-hydrogen) atoms. The van der Waals surface area contributed by atoms with Gasteiger partial charge >= 0.3 is 0 Å². The summed E-state index contributed by atoms with van der Waals surface area (Å²) in [5.74, 6) is 0. The molecule has 1 aromatic heterocycles. The summed E-state index contributed by atoms with van der Waals surface area (Å²) in [7, 11) is 4.25. The molecule has 1 saturated carbocycles. The molecule has 1 unspecified atom stereocenters. The first-order chi connectivity index (χ1) is 9.03. The van der Waals surface area contributed by atoms with Crippen molar-refractivity contribution < 1.29 is 0 Å². The first kappa shape index (κ1) is 14.8. The maximum atomic E-state index is 6.63.